The number of esters is 1. The zero-order valence-corrected chi connectivity index (χ0v) is 22.5. The lowest BCUT2D eigenvalue weighted by molar-refractivity contribution is 0.0448. The van der Waals surface area contributed by atoms with E-state index in [0.29, 0.717) is 26.9 Å². The van der Waals surface area contributed by atoms with Crippen LogP contribution in [0.3, 0.4) is 0 Å². The van der Waals surface area contributed by atoms with Gasteiger partial charge in [-0.25, -0.2) is 19.1 Å². The number of carbonyl (C=O) groups is 2. The summed E-state index contributed by atoms with van der Waals surface area (Å²) in [7, 11) is 0. The van der Waals surface area contributed by atoms with Gasteiger partial charge in [0.1, 0.15) is 27.8 Å². The Morgan fingerprint density at radius 3 is 2.50 bits per heavy atom. The number of aliphatic hydroxyl groups excluding tert-OH is 1. The van der Waals surface area contributed by atoms with Crippen LogP contribution in [0.4, 0.5) is 4.79 Å². The van der Waals surface area contributed by atoms with Crippen molar-refractivity contribution in [2.45, 2.75) is 53.1 Å². The van der Waals surface area contributed by atoms with Crippen molar-refractivity contribution in [3.05, 3.63) is 50.2 Å². The Bertz CT molecular complexity index is 1210. The summed E-state index contributed by atoms with van der Waals surface area (Å²) in [6.07, 6.45) is -2.14. The monoisotopic (exact) mass is 603 g/mol. The van der Waals surface area contributed by atoms with Crippen molar-refractivity contribution in [1.29, 1.82) is 0 Å². The van der Waals surface area contributed by atoms with Gasteiger partial charge in [0.2, 0.25) is 5.28 Å². The number of ether oxygens (including phenoxy) is 3. The molecule has 1 unspecified atom stereocenters. The maximum Gasteiger partial charge on any atom is 0.419 e. The average Bonchev–Trinajstić information content (AvgIpc) is 3.24. The van der Waals surface area contributed by atoms with Gasteiger partial charge in [0.25, 0.3) is 0 Å². The van der Waals surface area contributed by atoms with E-state index in [9.17, 15) is 14.7 Å². The van der Waals surface area contributed by atoms with Crippen LogP contribution in [0, 0.1) is 3.70 Å². The Balaban J connectivity index is 2.33. The quantitative estimate of drug-likeness (QED) is 0.295. The molecule has 2 heterocycles. The molecule has 0 radical (unpaired) electrons. The second-order valence-corrected chi connectivity index (χ2v) is 9.68. The van der Waals surface area contributed by atoms with E-state index in [2.05, 4.69) is 4.98 Å². The van der Waals surface area contributed by atoms with Crippen LogP contribution in [0.15, 0.2) is 24.3 Å². The Kier molecular flexibility index (Phi) is 8.27. The van der Waals surface area contributed by atoms with Gasteiger partial charge >= 0.3 is 12.1 Å². The van der Waals surface area contributed by atoms with Crippen molar-refractivity contribution in [1.82, 2.24) is 14.1 Å². The Hall–Kier alpha value is -2.15. The number of aliphatic hydroxyl groups is 1. The smallest absolute Gasteiger partial charge is 0.419 e. The molecule has 2 aromatic heterocycles. The van der Waals surface area contributed by atoms with E-state index in [4.69, 9.17) is 25.8 Å². The van der Waals surface area contributed by atoms with Gasteiger partial charge in [-0.15, -0.1) is 0 Å². The first kappa shape index (κ1) is 26.5. The number of imidazole rings is 1. The van der Waals surface area contributed by atoms with Crippen molar-refractivity contribution in [3.63, 3.8) is 0 Å². The third kappa shape index (κ3) is 5.24. The van der Waals surface area contributed by atoms with E-state index in [1.165, 1.54) is 4.57 Å². The Morgan fingerprint density at radius 1 is 1.21 bits per heavy atom. The molecular weight excluding hydrogens is 577 g/mol. The molecule has 0 spiro atoms. The second-order valence-electron chi connectivity index (χ2n) is 8.33. The van der Waals surface area contributed by atoms with E-state index >= 15 is 0 Å². The zero-order valence-electron chi connectivity index (χ0n) is 19.6. The molecule has 1 aromatic carbocycles. The van der Waals surface area contributed by atoms with Gasteiger partial charge in [-0.1, -0.05) is 18.2 Å². The van der Waals surface area contributed by atoms with Crippen LogP contribution < -0.4 is 0 Å². The molecule has 0 amide bonds. The van der Waals surface area contributed by atoms with Gasteiger partial charge in [-0.05, 0) is 74.9 Å². The molecule has 0 fully saturated rings. The molecule has 0 aliphatic rings. The number of para-hydroxylation sites is 1. The van der Waals surface area contributed by atoms with E-state index in [-0.39, 0.29) is 29.9 Å². The Labute approximate surface area is 216 Å². The molecule has 0 bridgehead atoms. The molecule has 0 aliphatic heterocycles. The topological polar surface area (TPSA) is 105 Å². The first-order chi connectivity index (χ1) is 16.0. The van der Waals surface area contributed by atoms with Crippen LogP contribution in [0.1, 0.15) is 62.5 Å². The van der Waals surface area contributed by atoms with E-state index < -0.39 is 23.8 Å². The number of aromatic nitrogens is 3. The van der Waals surface area contributed by atoms with Gasteiger partial charge in [0.05, 0.1) is 17.8 Å². The SMILES string of the molecule is CCOCn1c(Cl)nc(I)c1C(O)c1c(C(=O)OCC)n(C(=O)OC(C)(C)C)c2ccccc12. The molecular formula is C23H27ClIN3O6. The Morgan fingerprint density at radius 2 is 1.88 bits per heavy atom. The molecule has 34 heavy (non-hydrogen) atoms. The van der Waals surface area contributed by atoms with Crippen LogP contribution in [-0.2, 0) is 20.9 Å². The molecule has 0 aliphatic carbocycles. The highest BCUT2D eigenvalue weighted by Crippen LogP contribution is 2.38. The fourth-order valence-electron chi connectivity index (χ4n) is 3.55. The maximum atomic E-state index is 13.2. The molecule has 184 valence electrons. The average molecular weight is 604 g/mol. The number of fused-ring (bicyclic) bond motifs is 1. The fraction of sp³-hybridized carbons (Fsp3) is 0.435. The number of halogens is 2. The van der Waals surface area contributed by atoms with Crippen molar-refractivity contribution in [3.8, 4) is 0 Å². The first-order valence-corrected chi connectivity index (χ1v) is 12.2. The molecule has 0 saturated heterocycles. The number of benzene rings is 1. The number of carbonyl (C=O) groups excluding carboxylic acids is 2. The summed E-state index contributed by atoms with van der Waals surface area (Å²) in [5, 5.41) is 12.2. The summed E-state index contributed by atoms with van der Waals surface area (Å²) in [5.74, 6) is -0.768. The largest absolute Gasteiger partial charge is 0.461 e. The minimum absolute atomic E-state index is 0.0528. The predicted molar refractivity (Wildman–Crippen MR) is 135 cm³/mol. The van der Waals surface area contributed by atoms with Gasteiger partial charge in [0.15, 0.2) is 0 Å². The van der Waals surface area contributed by atoms with Crippen LogP contribution in [0.25, 0.3) is 10.9 Å². The third-order valence-corrected chi connectivity index (χ3v) is 5.91. The van der Waals surface area contributed by atoms with E-state index in [0.717, 1.165) is 4.57 Å². The third-order valence-electron chi connectivity index (χ3n) is 4.83. The summed E-state index contributed by atoms with van der Waals surface area (Å²) in [6, 6.07) is 6.87. The highest BCUT2D eigenvalue weighted by molar-refractivity contribution is 14.1. The highest BCUT2D eigenvalue weighted by atomic mass is 127. The van der Waals surface area contributed by atoms with E-state index in [1.54, 1.807) is 52.0 Å². The minimum Gasteiger partial charge on any atom is -0.461 e. The molecule has 3 aromatic rings. The second kappa shape index (κ2) is 10.6. The van der Waals surface area contributed by atoms with E-state index in [1.807, 2.05) is 29.5 Å². The van der Waals surface area contributed by atoms with Crippen LogP contribution >= 0.6 is 34.2 Å². The van der Waals surface area contributed by atoms with Crippen molar-refractivity contribution < 1.29 is 28.9 Å². The first-order valence-electron chi connectivity index (χ1n) is 10.7. The van der Waals surface area contributed by atoms with Gasteiger partial charge in [-0.2, -0.15) is 0 Å². The van der Waals surface area contributed by atoms with Gasteiger partial charge in [-0.3, -0.25) is 4.57 Å². The lowest BCUT2D eigenvalue weighted by Gasteiger charge is -2.21. The molecule has 0 saturated carbocycles. The summed E-state index contributed by atoms with van der Waals surface area (Å²) in [6.45, 7) is 9.24. The number of nitrogens with zero attached hydrogens (tertiary/aromatic N) is 3. The zero-order chi connectivity index (χ0) is 25.2. The standard InChI is InChI=1S/C23H27ClIN3O6/c1-6-32-12-27-17(19(25)26-21(27)24)18(29)15-13-10-8-9-11-14(13)28(16(15)20(30)33-7-2)22(31)34-23(3,4)5/h8-11,18,29H,6-7,12H2,1-5H3. The van der Waals surface area contributed by atoms with Gasteiger partial charge in [0, 0.05) is 17.6 Å². The van der Waals surface area contributed by atoms with Crippen LogP contribution in [-0.4, -0.2) is 50.1 Å². The number of rotatable bonds is 7. The van der Waals surface area contributed by atoms with Crippen molar-refractivity contribution in [2.75, 3.05) is 13.2 Å². The number of hydrogen-bond acceptors (Lipinski definition) is 7. The number of hydrogen-bond donors (Lipinski definition) is 1. The lowest BCUT2D eigenvalue weighted by atomic mass is 10.0. The normalized spacial score (nSPS) is 12.7. The highest BCUT2D eigenvalue weighted by Gasteiger charge is 2.35. The molecule has 9 nitrogen and oxygen atoms in total. The lowest BCUT2D eigenvalue weighted by Crippen LogP contribution is -2.29. The molecule has 1 atom stereocenters. The predicted octanol–water partition coefficient (Wildman–Crippen LogP) is 5.13. The minimum atomic E-state index is -1.37. The van der Waals surface area contributed by atoms with Crippen LogP contribution in [0.5, 0.6) is 0 Å². The fourth-order valence-corrected chi connectivity index (χ4v) is 4.73. The van der Waals surface area contributed by atoms with Crippen LogP contribution in [0.2, 0.25) is 5.28 Å². The van der Waals surface area contributed by atoms with Crippen molar-refractivity contribution in [2.24, 2.45) is 0 Å². The summed E-state index contributed by atoms with van der Waals surface area (Å²) in [4.78, 5) is 30.7. The summed E-state index contributed by atoms with van der Waals surface area (Å²) < 4.78 is 19.5. The molecule has 1 N–H and O–H groups in total. The van der Waals surface area contributed by atoms with Crippen molar-refractivity contribution >= 4 is 57.2 Å². The summed E-state index contributed by atoms with van der Waals surface area (Å²) in [5.41, 5.74) is -0.0258. The molecule has 3 rings (SSSR count). The maximum absolute atomic E-state index is 13.2. The molecule has 11 heteroatoms. The van der Waals surface area contributed by atoms with Gasteiger partial charge < -0.3 is 19.3 Å². The summed E-state index contributed by atoms with van der Waals surface area (Å²) >= 11 is 8.26.